The molecule has 0 unspecified atom stereocenters. The zero-order valence-electron chi connectivity index (χ0n) is 26.1. The summed E-state index contributed by atoms with van der Waals surface area (Å²) in [5.41, 5.74) is 1.72. The van der Waals surface area contributed by atoms with Crippen molar-refractivity contribution in [1.29, 1.82) is 0 Å². The molecular formula is C32H47GaN4O4. The Labute approximate surface area is 252 Å². The molecule has 2 aliphatic rings. The van der Waals surface area contributed by atoms with E-state index in [4.69, 9.17) is 26.5 Å². The molecule has 0 aliphatic carbocycles. The van der Waals surface area contributed by atoms with E-state index in [0.717, 1.165) is 37.3 Å². The third-order valence-electron chi connectivity index (χ3n) is 6.79. The third-order valence-corrected chi connectivity index (χ3v) is 10.8. The van der Waals surface area contributed by atoms with Gasteiger partial charge in [0.25, 0.3) is 0 Å². The molecule has 2 aliphatic heterocycles. The van der Waals surface area contributed by atoms with E-state index in [0.29, 0.717) is 36.1 Å². The van der Waals surface area contributed by atoms with Crippen LogP contribution in [0.5, 0.6) is 23.0 Å². The van der Waals surface area contributed by atoms with Crippen LogP contribution in [0, 0.1) is 10.8 Å². The summed E-state index contributed by atoms with van der Waals surface area (Å²) in [6.07, 6.45) is 3.83. The molecule has 0 fully saturated rings. The Hall–Kier alpha value is -2.46. The fraction of sp³-hybridized carbons (Fsp3) is 0.562. The monoisotopic (exact) mass is 620 g/mol. The summed E-state index contributed by atoms with van der Waals surface area (Å²) in [5.74, 6) is 2.79. The maximum atomic E-state index is 7.09. The van der Waals surface area contributed by atoms with Gasteiger partial charge in [0.2, 0.25) is 0 Å². The van der Waals surface area contributed by atoms with E-state index < -0.39 is 17.2 Å². The van der Waals surface area contributed by atoms with Crippen LogP contribution in [0.4, 0.5) is 0 Å². The van der Waals surface area contributed by atoms with Crippen LogP contribution in [-0.2, 0) is 0 Å². The first kappa shape index (κ1) is 31.5. The van der Waals surface area contributed by atoms with Crippen molar-refractivity contribution in [3.8, 4) is 23.0 Å². The Morgan fingerprint density at radius 3 is 1.83 bits per heavy atom. The van der Waals surface area contributed by atoms with E-state index in [1.54, 1.807) is 0 Å². The fourth-order valence-corrected chi connectivity index (χ4v) is 9.63. The van der Waals surface area contributed by atoms with Crippen molar-refractivity contribution in [2.45, 2.75) is 67.6 Å². The van der Waals surface area contributed by atoms with Gasteiger partial charge in [-0.3, -0.25) is 0 Å². The molecule has 0 saturated carbocycles. The van der Waals surface area contributed by atoms with Gasteiger partial charge in [-0.1, -0.05) is 0 Å². The van der Waals surface area contributed by atoms with Gasteiger partial charge in [0.05, 0.1) is 0 Å². The normalized spacial score (nSPS) is 19.4. The van der Waals surface area contributed by atoms with Crippen LogP contribution in [-0.4, -0.2) is 84.7 Å². The van der Waals surface area contributed by atoms with Crippen molar-refractivity contribution in [2.75, 3.05) is 39.3 Å². The number of benzene rings is 2. The molecule has 8 nitrogen and oxygen atoms in total. The van der Waals surface area contributed by atoms with Crippen LogP contribution >= 0.6 is 0 Å². The zero-order valence-corrected chi connectivity index (χ0v) is 28.5. The van der Waals surface area contributed by atoms with Gasteiger partial charge < -0.3 is 0 Å². The van der Waals surface area contributed by atoms with Crippen LogP contribution in [0.3, 0.4) is 0 Å². The number of hydrogen-bond acceptors (Lipinski definition) is 8. The fourth-order valence-electron chi connectivity index (χ4n) is 4.94. The van der Waals surface area contributed by atoms with Crippen LogP contribution < -0.4 is 21.8 Å². The third kappa shape index (κ3) is 9.01. The number of nitrogens with zero attached hydrogens (tertiary/aromatic N) is 3. The summed E-state index contributed by atoms with van der Waals surface area (Å²) in [5, 5.41) is 3.68. The predicted octanol–water partition coefficient (Wildman–Crippen LogP) is 5.51. The Bertz CT molecular complexity index is 1230. The van der Waals surface area contributed by atoms with E-state index >= 15 is 0 Å². The Morgan fingerprint density at radius 1 is 0.805 bits per heavy atom. The number of fused-ring (bicyclic) bond motifs is 3. The van der Waals surface area contributed by atoms with E-state index in [1.807, 2.05) is 76.5 Å². The van der Waals surface area contributed by atoms with Gasteiger partial charge in [-0.25, -0.2) is 0 Å². The van der Waals surface area contributed by atoms with Gasteiger partial charge >= 0.3 is 253 Å². The van der Waals surface area contributed by atoms with E-state index in [2.05, 4.69) is 36.6 Å². The van der Waals surface area contributed by atoms with Gasteiger partial charge in [0, 0.05) is 0 Å². The van der Waals surface area contributed by atoms with Crippen LogP contribution in [0.2, 0.25) is 0 Å². The average Bonchev–Trinajstić information content (AvgIpc) is 2.87. The molecule has 1 N–H and O–H groups in total. The Morgan fingerprint density at radius 2 is 1.32 bits per heavy atom. The molecule has 0 amide bonds. The second-order valence-corrected chi connectivity index (χ2v) is 16.9. The number of nitrogens with one attached hydrogen (secondary N) is 1. The summed E-state index contributed by atoms with van der Waals surface area (Å²) in [7, 11) is 0. The number of para-hydroxylation sites is 2. The van der Waals surface area contributed by atoms with Gasteiger partial charge in [0.15, 0.2) is 0 Å². The average molecular weight is 621 g/mol. The van der Waals surface area contributed by atoms with Crippen molar-refractivity contribution >= 4 is 29.6 Å². The molecule has 2 heterocycles. The van der Waals surface area contributed by atoms with Gasteiger partial charge in [-0.15, -0.1) is 0 Å². The van der Waals surface area contributed by atoms with E-state index in [1.165, 1.54) is 0 Å². The first-order chi connectivity index (χ1) is 19.4. The summed E-state index contributed by atoms with van der Waals surface area (Å²) in [6.45, 7) is 21.8. The SMILES string of the molecule is CC(C)Oc1cccc2c1[O][Ga]1[O]c3c(cccc3OC(C)C)C=NCC(C)(C)C[N]1CCNCC(C)(C)CN=C2. The predicted molar refractivity (Wildman–Crippen MR) is 168 cm³/mol. The number of hydrogen-bond donors (Lipinski definition) is 1. The molecule has 0 saturated heterocycles. The second-order valence-electron chi connectivity index (χ2n) is 13.1. The van der Waals surface area contributed by atoms with Gasteiger partial charge in [-0.05, 0) is 0 Å². The van der Waals surface area contributed by atoms with Crippen molar-refractivity contribution in [3.05, 3.63) is 47.5 Å². The molecule has 4 rings (SSSR count). The maximum absolute atomic E-state index is 7.09. The first-order valence-electron chi connectivity index (χ1n) is 14.8. The first-order valence-corrected chi connectivity index (χ1v) is 17.9. The molecule has 222 valence electrons. The summed E-state index contributed by atoms with van der Waals surface area (Å²) in [4.78, 5) is 9.69. The quantitative estimate of drug-likeness (QED) is 0.454. The summed E-state index contributed by atoms with van der Waals surface area (Å²) < 4.78 is 29.1. The molecule has 2 aromatic rings. The van der Waals surface area contributed by atoms with E-state index in [-0.39, 0.29) is 23.0 Å². The molecule has 0 spiro atoms. The summed E-state index contributed by atoms with van der Waals surface area (Å²) in [6, 6.07) is 12.0. The molecule has 0 atom stereocenters. The number of rotatable bonds is 4. The van der Waals surface area contributed by atoms with Crippen LogP contribution in [0.15, 0.2) is 46.4 Å². The van der Waals surface area contributed by atoms with Gasteiger partial charge in [0.1, 0.15) is 0 Å². The number of ether oxygens (including phenoxy) is 2. The van der Waals surface area contributed by atoms with Crippen molar-refractivity contribution in [1.82, 2.24) is 8.92 Å². The van der Waals surface area contributed by atoms with Gasteiger partial charge in [-0.2, -0.15) is 0 Å². The Balaban J connectivity index is 1.87. The number of aliphatic imine (C=N–C) groups is 2. The topological polar surface area (TPSA) is 76.9 Å². The Kier molecular flexibility index (Phi) is 10.5. The van der Waals surface area contributed by atoms with Crippen LogP contribution in [0.25, 0.3) is 0 Å². The van der Waals surface area contributed by atoms with Crippen molar-refractivity contribution < 1.29 is 16.5 Å². The standard InChI is InChI=1S/C32H49N4O4.Ga/c1-23(2)39-27-13-9-11-25(29(27)37)17-35-21-31(5,6)19-33-15-16-34-20-32(7,8)22-36-18-26-12-10-14-28(30(26)38)40-24(3)4;/h9-14,17-18,23-24,33,37-38H,15-16,19-22H2,1-8H3;/q-1;+3/p-2. The summed E-state index contributed by atoms with van der Waals surface area (Å²) >= 11 is -3.32. The molecular weight excluding hydrogens is 574 g/mol. The molecule has 41 heavy (non-hydrogen) atoms. The molecule has 0 aromatic heterocycles. The minimum atomic E-state index is -3.32. The molecule has 0 radical (unpaired) electrons. The van der Waals surface area contributed by atoms with Crippen molar-refractivity contribution in [3.63, 3.8) is 0 Å². The minimum absolute atomic E-state index is 0.00325. The van der Waals surface area contributed by atoms with E-state index in [9.17, 15) is 0 Å². The van der Waals surface area contributed by atoms with Crippen LogP contribution in [0.1, 0.15) is 66.5 Å². The molecule has 2 aromatic carbocycles. The molecule has 9 heteroatoms. The molecule has 0 bridgehead atoms. The second kappa shape index (κ2) is 13.7. The van der Waals surface area contributed by atoms with Crippen molar-refractivity contribution in [2.24, 2.45) is 20.8 Å². The zero-order chi connectivity index (χ0) is 29.6.